The first-order chi connectivity index (χ1) is 10.8. The minimum Gasteiger partial charge on any atom is -0.381 e. The number of aryl methyl sites for hydroxylation is 1. The van der Waals surface area contributed by atoms with Crippen molar-refractivity contribution in [3.8, 4) is 0 Å². The van der Waals surface area contributed by atoms with Gasteiger partial charge in [0.1, 0.15) is 5.01 Å². The molecule has 0 amide bonds. The molecule has 132 valence electrons. The molecule has 0 bridgehead atoms. The molecule has 1 unspecified atom stereocenters. The monoisotopic (exact) mass is 452 g/mol. The normalized spacial score (nSPS) is 18.1. The van der Waals surface area contributed by atoms with Gasteiger partial charge in [-0.15, -0.1) is 35.3 Å². The number of nitrogens with zero attached hydrogens (tertiary/aromatic N) is 3. The Labute approximate surface area is 160 Å². The Kier molecular flexibility index (Phi) is 10.0. The number of hydrogen-bond acceptors (Lipinski definition) is 4. The summed E-state index contributed by atoms with van der Waals surface area (Å²) in [7, 11) is 0. The van der Waals surface area contributed by atoms with Gasteiger partial charge in [-0.25, -0.2) is 9.98 Å². The van der Waals surface area contributed by atoms with Gasteiger partial charge in [0.25, 0.3) is 0 Å². The van der Waals surface area contributed by atoms with E-state index in [1.54, 1.807) is 11.3 Å². The number of likely N-dealkylation sites (tertiary alicyclic amines) is 1. The summed E-state index contributed by atoms with van der Waals surface area (Å²) in [5.41, 5.74) is 0. The number of guanidine groups is 1. The summed E-state index contributed by atoms with van der Waals surface area (Å²) < 4.78 is 5.55. The van der Waals surface area contributed by atoms with Crippen LogP contribution in [0.5, 0.6) is 0 Å². The van der Waals surface area contributed by atoms with Crippen molar-refractivity contribution in [2.45, 2.75) is 40.2 Å². The summed E-state index contributed by atoms with van der Waals surface area (Å²) in [5.74, 6) is 1.63. The van der Waals surface area contributed by atoms with Crippen molar-refractivity contribution in [2.75, 3.05) is 32.8 Å². The van der Waals surface area contributed by atoms with Crippen LogP contribution in [0.4, 0.5) is 0 Å². The Morgan fingerprint density at radius 3 is 2.96 bits per heavy atom. The Balaban J connectivity index is 0.00000264. The van der Waals surface area contributed by atoms with Crippen molar-refractivity contribution in [3.05, 3.63) is 16.1 Å². The quantitative estimate of drug-likeness (QED) is 0.393. The van der Waals surface area contributed by atoms with Crippen LogP contribution in [-0.4, -0.2) is 48.7 Å². The van der Waals surface area contributed by atoms with Gasteiger partial charge in [-0.2, -0.15) is 0 Å². The van der Waals surface area contributed by atoms with Crippen LogP contribution in [0.25, 0.3) is 0 Å². The van der Waals surface area contributed by atoms with Crippen molar-refractivity contribution < 1.29 is 4.74 Å². The summed E-state index contributed by atoms with van der Waals surface area (Å²) in [6.07, 6.45) is 4.20. The first-order valence-corrected chi connectivity index (χ1v) is 9.13. The zero-order valence-corrected chi connectivity index (χ0v) is 17.5. The van der Waals surface area contributed by atoms with Crippen LogP contribution in [0.3, 0.4) is 0 Å². The van der Waals surface area contributed by atoms with E-state index in [-0.39, 0.29) is 24.0 Å². The van der Waals surface area contributed by atoms with Crippen molar-refractivity contribution in [2.24, 2.45) is 10.9 Å². The molecule has 1 aliphatic rings. The van der Waals surface area contributed by atoms with Crippen LogP contribution >= 0.6 is 35.3 Å². The molecular weight excluding hydrogens is 423 g/mol. The minimum atomic E-state index is 0. The van der Waals surface area contributed by atoms with Crippen LogP contribution in [0.15, 0.2) is 11.2 Å². The molecule has 1 aromatic rings. The Bertz CT molecular complexity index is 480. The fraction of sp³-hybridized carbons (Fsp3) is 0.750. The average Bonchev–Trinajstić information content (AvgIpc) is 3.18. The molecule has 0 aliphatic carbocycles. The van der Waals surface area contributed by atoms with E-state index in [9.17, 15) is 0 Å². The summed E-state index contributed by atoms with van der Waals surface area (Å²) in [6, 6.07) is 0. The first-order valence-electron chi connectivity index (χ1n) is 8.31. The number of nitrogens with one attached hydrogen (secondary N) is 1. The number of rotatable bonds is 7. The van der Waals surface area contributed by atoms with E-state index >= 15 is 0 Å². The standard InChI is InChI=1S/C16H28N4OS.HI/c1-4-14-9-18-15(22-14)10-19-16(17-5-2)20-8-7-13(11-20)12-21-6-3;/h9,13H,4-8,10-12H2,1-3H3,(H,17,19);1H. The number of thiazole rings is 1. The minimum absolute atomic E-state index is 0. The van der Waals surface area contributed by atoms with Gasteiger partial charge in [0.05, 0.1) is 13.2 Å². The lowest BCUT2D eigenvalue weighted by atomic mass is 10.1. The fourth-order valence-electron chi connectivity index (χ4n) is 2.60. The molecule has 1 aliphatic heterocycles. The Hall–Kier alpha value is -0.410. The van der Waals surface area contributed by atoms with E-state index in [0.717, 1.165) is 50.2 Å². The maximum atomic E-state index is 5.55. The van der Waals surface area contributed by atoms with E-state index in [1.807, 2.05) is 6.20 Å². The number of aliphatic imine (C=N–C) groups is 1. The molecule has 1 fully saturated rings. The van der Waals surface area contributed by atoms with E-state index in [2.05, 4.69) is 36.0 Å². The second kappa shape index (κ2) is 11.2. The molecule has 1 N–H and O–H groups in total. The highest BCUT2D eigenvalue weighted by molar-refractivity contribution is 14.0. The van der Waals surface area contributed by atoms with E-state index < -0.39 is 0 Å². The average molecular weight is 452 g/mol. The van der Waals surface area contributed by atoms with Crippen LogP contribution in [-0.2, 0) is 17.7 Å². The lowest BCUT2D eigenvalue weighted by Gasteiger charge is -2.21. The largest absolute Gasteiger partial charge is 0.381 e. The van der Waals surface area contributed by atoms with Gasteiger partial charge < -0.3 is 15.0 Å². The number of halogens is 1. The molecule has 1 atom stereocenters. The van der Waals surface area contributed by atoms with Crippen LogP contribution < -0.4 is 5.32 Å². The highest BCUT2D eigenvalue weighted by atomic mass is 127. The van der Waals surface area contributed by atoms with Crippen LogP contribution in [0.2, 0.25) is 0 Å². The van der Waals surface area contributed by atoms with Gasteiger partial charge in [-0.05, 0) is 26.7 Å². The van der Waals surface area contributed by atoms with Gasteiger partial charge in [0.2, 0.25) is 0 Å². The summed E-state index contributed by atoms with van der Waals surface area (Å²) in [6.45, 7) is 11.6. The zero-order valence-electron chi connectivity index (χ0n) is 14.4. The number of aromatic nitrogens is 1. The Morgan fingerprint density at radius 1 is 1.48 bits per heavy atom. The molecular formula is C16H29IN4OS. The summed E-state index contributed by atoms with van der Waals surface area (Å²) >= 11 is 1.76. The van der Waals surface area contributed by atoms with Crippen molar-refractivity contribution in [3.63, 3.8) is 0 Å². The van der Waals surface area contributed by atoms with Crippen molar-refractivity contribution in [1.82, 2.24) is 15.2 Å². The molecule has 2 rings (SSSR count). The molecule has 23 heavy (non-hydrogen) atoms. The summed E-state index contributed by atoms with van der Waals surface area (Å²) in [4.78, 5) is 12.9. The molecule has 5 nitrogen and oxygen atoms in total. The lowest BCUT2D eigenvalue weighted by Crippen LogP contribution is -2.40. The molecule has 0 spiro atoms. The SMILES string of the molecule is CCNC(=NCc1ncc(CC)s1)N1CCC(COCC)C1.I. The third-order valence-corrected chi connectivity index (χ3v) is 4.92. The van der Waals surface area contributed by atoms with Gasteiger partial charge in [0.15, 0.2) is 5.96 Å². The third-order valence-electron chi connectivity index (χ3n) is 3.79. The van der Waals surface area contributed by atoms with Crippen LogP contribution in [0, 0.1) is 5.92 Å². The predicted molar refractivity (Wildman–Crippen MR) is 108 cm³/mol. The van der Waals surface area contributed by atoms with Gasteiger partial charge >= 0.3 is 0 Å². The van der Waals surface area contributed by atoms with E-state index in [4.69, 9.17) is 9.73 Å². The van der Waals surface area contributed by atoms with Crippen molar-refractivity contribution >= 4 is 41.3 Å². The van der Waals surface area contributed by atoms with E-state index in [0.29, 0.717) is 12.5 Å². The smallest absolute Gasteiger partial charge is 0.194 e. The molecule has 1 saturated heterocycles. The van der Waals surface area contributed by atoms with Crippen LogP contribution in [0.1, 0.15) is 37.1 Å². The predicted octanol–water partition coefficient (Wildman–Crippen LogP) is 3.15. The highest BCUT2D eigenvalue weighted by Gasteiger charge is 2.24. The molecule has 2 heterocycles. The Morgan fingerprint density at radius 2 is 2.30 bits per heavy atom. The molecule has 0 aromatic carbocycles. The first kappa shape index (κ1) is 20.6. The lowest BCUT2D eigenvalue weighted by molar-refractivity contribution is 0.114. The molecule has 0 saturated carbocycles. The topological polar surface area (TPSA) is 49.8 Å². The third kappa shape index (κ3) is 6.54. The van der Waals surface area contributed by atoms with Crippen molar-refractivity contribution in [1.29, 1.82) is 0 Å². The van der Waals surface area contributed by atoms with Gasteiger partial charge in [-0.1, -0.05) is 6.92 Å². The number of hydrogen-bond donors (Lipinski definition) is 1. The highest BCUT2D eigenvalue weighted by Crippen LogP contribution is 2.18. The molecule has 1 aromatic heterocycles. The maximum Gasteiger partial charge on any atom is 0.194 e. The second-order valence-electron chi connectivity index (χ2n) is 5.50. The van der Waals surface area contributed by atoms with E-state index in [1.165, 1.54) is 11.3 Å². The molecule has 0 radical (unpaired) electrons. The second-order valence-corrected chi connectivity index (χ2v) is 6.70. The van der Waals surface area contributed by atoms with Gasteiger partial charge in [-0.3, -0.25) is 0 Å². The number of ether oxygens (including phenoxy) is 1. The van der Waals surface area contributed by atoms with Gasteiger partial charge in [0, 0.05) is 43.2 Å². The molecule has 7 heteroatoms. The fourth-order valence-corrected chi connectivity index (χ4v) is 3.39. The zero-order chi connectivity index (χ0) is 15.8. The maximum absolute atomic E-state index is 5.55. The summed E-state index contributed by atoms with van der Waals surface area (Å²) in [5, 5.41) is 4.50.